The van der Waals surface area contributed by atoms with E-state index in [0.717, 1.165) is 11.3 Å². The van der Waals surface area contributed by atoms with E-state index in [4.69, 9.17) is 5.73 Å². The second-order valence-corrected chi connectivity index (χ2v) is 4.73. The van der Waals surface area contributed by atoms with Crippen molar-refractivity contribution >= 4 is 22.2 Å². The maximum Gasteiger partial charge on any atom is 0.180 e. The molecule has 2 N–H and O–H groups in total. The predicted molar refractivity (Wildman–Crippen MR) is 80.3 cm³/mol. The Kier molecular flexibility index (Phi) is 2.23. The lowest BCUT2D eigenvalue weighted by Gasteiger charge is -2.00. The number of hydrogen-bond donors (Lipinski definition) is 1. The van der Waals surface area contributed by atoms with E-state index in [1.165, 1.54) is 10.8 Å². The second-order valence-electron chi connectivity index (χ2n) is 4.73. The van der Waals surface area contributed by atoms with E-state index in [0.29, 0.717) is 11.5 Å². The Morgan fingerprint density at radius 1 is 1.00 bits per heavy atom. The molecule has 0 saturated heterocycles. The summed E-state index contributed by atoms with van der Waals surface area (Å²) in [7, 11) is 0. The fourth-order valence-corrected chi connectivity index (χ4v) is 2.43. The van der Waals surface area contributed by atoms with Gasteiger partial charge in [-0.15, -0.1) is 0 Å². The number of nitrogens with two attached hydrogens (primary N) is 1. The highest BCUT2D eigenvalue weighted by atomic mass is 15.1. The van der Waals surface area contributed by atoms with Crippen molar-refractivity contribution in [2.24, 2.45) is 0 Å². The molecule has 0 aliphatic rings. The van der Waals surface area contributed by atoms with E-state index in [9.17, 15) is 0 Å². The molecule has 4 heteroatoms. The molecule has 0 amide bonds. The lowest BCUT2D eigenvalue weighted by atomic mass is 10.1. The Labute approximate surface area is 115 Å². The zero-order valence-corrected chi connectivity index (χ0v) is 10.7. The first-order chi connectivity index (χ1) is 9.81. The number of anilines is 1. The lowest BCUT2D eigenvalue weighted by Crippen LogP contribution is -1.94. The molecule has 0 aliphatic carbocycles. The number of imidazole rings is 1. The van der Waals surface area contributed by atoms with Gasteiger partial charge in [0.15, 0.2) is 11.5 Å². The molecule has 0 spiro atoms. The highest BCUT2D eigenvalue weighted by Crippen LogP contribution is 2.24. The van der Waals surface area contributed by atoms with Crippen molar-refractivity contribution in [1.82, 2.24) is 14.4 Å². The smallest absolute Gasteiger partial charge is 0.180 e. The quantitative estimate of drug-likeness (QED) is 0.572. The largest absolute Gasteiger partial charge is 0.381 e. The summed E-state index contributed by atoms with van der Waals surface area (Å²) in [5, 5.41) is 2.43. The number of benzene rings is 2. The molecular formula is C16H12N4. The summed E-state index contributed by atoms with van der Waals surface area (Å²) in [5.74, 6) is 0.444. The summed E-state index contributed by atoms with van der Waals surface area (Å²) in [6, 6.07) is 14.6. The zero-order valence-electron chi connectivity index (χ0n) is 10.7. The minimum absolute atomic E-state index is 0.444. The van der Waals surface area contributed by atoms with Crippen LogP contribution in [0.3, 0.4) is 0 Å². The van der Waals surface area contributed by atoms with Crippen LogP contribution in [0.5, 0.6) is 0 Å². The van der Waals surface area contributed by atoms with Crippen LogP contribution < -0.4 is 5.73 Å². The van der Waals surface area contributed by atoms with E-state index < -0.39 is 0 Å². The molecule has 4 aromatic rings. The standard InChI is InChI=1S/C16H12N4/c17-15-16-19-14(10-20(16)8-7-18-15)13-6-5-11-3-1-2-4-12(11)9-13/h1-10H,(H2,17,18). The van der Waals surface area contributed by atoms with Crippen molar-refractivity contribution in [2.45, 2.75) is 0 Å². The fourth-order valence-electron chi connectivity index (χ4n) is 2.43. The molecule has 0 radical (unpaired) electrons. The van der Waals surface area contributed by atoms with Gasteiger partial charge in [-0.3, -0.25) is 0 Å². The predicted octanol–water partition coefficient (Wildman–Crippen LogP) is 3.13. The number of hydrogen-bond acceptors (Lipinski definition) is 3. The number of aromatic nitrogens is 3. The van der Waals surface area contributed by atoms with Gasteiger partial charge in [0, 0.05) is 24.2 Å². The maximum atomic E-state index is 5.84. The minimum atomic E-state index is 0.444. The number of nitrogens with zero attached hydrogens (tertiary/aromatic N) is 3. The first-order valence-electron chi connectivity index (χ1n) is 6.40. The molecule has 4 rings (SSSR count). The van der Waals surface area contributed by atoms with E-state index in [1.807, 2.05) is 28.9 Å². The van der Waals surface area contributed by atoms with Crippen molar-refractivity contribution in [2.75, 3.05) is 5.73 Å². The average molecular weight is 260 g/mol. The van der Waals surface area contributed by atoms with E-state index in [2.05, 4.69) is 40.3 Å². The number of fused-ring (bicyclic) bond motifs is 2. The average Bonchev–Trinajstić information content (AvgIpc) is 2.92. The Bertz CT molecular complexity index is 924. The van der Waals surface area contributed by atoms with Gasteiger partial charge in [-0.1, -0.05) is 36.4 Å². The van der Waals surface area contributed by atoms with Gasteiger partial charge in [-0.2, -0.15) is 0 Å². The third kappa shape index (κ3) is 1.62. The molecule has 96 valence electrons. The summed E-state index contributed by atoms with van der Waals surface area (Å²) in [5.41, 5.74) is 8.51. The van der Waals surface area contributed by atoms with E-state index >= 15 is 0 Å². The first kappa shape index (κ1) is 11.0. The Hall–Kier alpha value is -2.88. The summed E-state index contributed by atoms with van der Waals surface area (Å²) >= 11 is 0. The van der Waals surface area contributed by atoms with E-state index in [-0.39, 0.29) is 0 Å². The van der Waals surface area contributed by atoms with Crippen molar-refractivity contribution in [3.05, 3.63) is 61.1 Å². The Balaban J connectivity index is 1.94. The molecular weight excluding hydrogens is 248 g/mol. The first-order valence-corrected chi connectivity index (χ1v) is 6.40. The molecule has 20 heavy (non-hydrogen) atoms. The van der Waals surface area contributed by atoms with Gasteiger partial charge in [0.2, 0.25) is 0 Å². The Morgan fingerprint density at radius 3 is 2.70 bits per heavy atom. The van der Waals surface area contributed by atoms with Gasteiger partial charge in [0.1, 0.15) is 0 Å². The molecule has 2 aromatic heterocycles. The summed E-state index contributed by atoms with van der Waals surface area (Å²) in [6.45, 7) is 0. The molecule has 2 heterocycles. The summed E-state index contributed by atoms with van der Waals surface area (Å²) in [6.07, 6.45) is 5.49. The minimum Gasteiger partial charge on any atom is -0.381 e. The van der Waals surface area contributed by atoms with Crippen LogP contribution in [0.2, 0.25) is 0 Å². The Morgan fingerprint density at radius 2 is 1.85 bits per heavy atom. The van der Waals surface area contributed by atoms with Crippen LogP contribution in [-0.2, 0) is 0 Å². The third-order valence-electron chi connectivity index (χ3n) is 3.45. The van der Waals surface area contributed by atoms with Gasteiger partial charge in [0.25, 0.3) is 0 Å². The van der Waals surface area contributed by atoms with Crippen LogP contribution in [0.15, 0.2) is 61.1 Å². The van der Waals surface area contributed by atoms with E-state index in [1.54, 1.807) is 6.20 Å². The van der Waals surface area contributed by atoms with Crippen LogP contribution in [0, 0.1) is 0 Å². The van der Waals surface area contributed by atoms with Crippen LogP contribution in [0.1, 0.15) is 0 Å². The van der Waals surface area contributed by atoms with Crippen LogP contribution in [-0.4, -0.2) is 14.4 Å². The van der Waals surface area contributed by atoms with Crippen LogP contribution in [0.4, 0.5) is 5.82 Å². The van der Waals surface area contributed by atoms with Crippen LogP contribution in [0.25, 0.3) is 27.7 Å². The molecule has 0 atom stereocenters. The molecule has 0 saturated carbocycles. The highest BCUT2D eigenvalue weighted by Gasteiger charge is 2.07. The molecule has 0 fully saturated rings. The third-order valence-corrected chi connectivity index (χ3v) is 3.45. The normalized spacial score (nSPS) is 11.2. The summed E-state index contributed by atoms with van der Waals surface area (Å²) in [4.78, 5) is 8.62. The van der Waals surface area contributed by atoms with Crippen molar-refractivity contribution in [1.29, 1.82) is 0 Å². The van der Waals surface area contributed by atoms with Crippen molar-refractivity contribution < 1.29 is 0 Å². The molecule has 0 unspecified atom stereocenters. The topological polar surface area (TPSA) is 56.2 Å². The molecule has 0 bridgehead atoms. The van der Waals surface area contributed by atoms with Gasteiger partial charge in [0.05, 0.1) is 5.69 Å². The maximum absolute atomic E-state index is 5.84. The van der Waals surface area contributed by atoms with Gasteiger partial charge in [-0.05, 0) is 16.8 Å². The summed E-state index contributed by atoms with van der Waals surface area (Å²) < 4.78 is 1.90. The van der Waals surface area contributed by atoms with Crippen LogP contribution >= 0.6 is 0 Å². The van der Waals surface area contributed by atoms with Gasteiger partial charge in [-0.25, -0.2) is 9.97 Å². The lowest BCUT2D eigenvalue weighted by molar-refractivity contribution is 1.13. The zero-order chi connectivity index (χ0) is 13.5. The molecule has 0 aliphatic heterocycles. The van der Waals surface area contributed by atoms with Crippen molar-refractivity contribution in [3.8, 4) is 11.3 Å². The second kappa shape index (κ2) is 4.06. The van der Waals surface area contributed by atoms with Crippen molar-refractivity contribution in [3.63, 3.8) is 0 Å². The fraction of sp³-hybridized carbons (Fsp3) is 0. The number of nitrogen functional groups attached to an aromatic ring is 1. The van der Waals surface area contributed by atoms with Gasteiger partial charge >= 0.3 is 0 Å². The number of rotatable bonds is 1. The highest BCUT2D eigenvalue weighted by molar-refractivity contribution is 5.87. The SMILES string of the molecule is Nc1nccn2cc(-c3ccc4ccccc4c3)nc12. The molecule has 4 nitrogen and oxygen atoms in total. The monoisotopic (exact) mass is 260 g/mol. The molecule has 2 aromatic carbocycles. The van der Waals surface area contributed by atoms with Gasteiger partial charge < -0.3 is 10.1 Å².